The highest BCUT2D eigenvalue weighted by Gasteiger charge is 2.23. The molecular formula is C16H16ClN3O3S2. The molecule has 2 heterocycles. The van der Waals surface area contributed by atoms with Gasteiger partial charge in [-0.2, -0.15) is 0 Å². The number of halogens is 1. The molecule has 0 unspecified atom stereocenters. The Hall–Kier alpha value is -1.77. The number of amides is 1. The van der Waals surface area contributed by atoms with E-state index in [-0.39, 0.29) is 16.6 Å². The Morgan fingerprint density at radius 1 is 1.32 bits per heavy atom. The number of nitrogens with zero attached hydrogens (tertiary/aromatic N) is 2. The van der Waals surface area contributed by atoms with Gasteiger partial charge in [0.1, 0.15) is 5.82 Å². The van der Waals surface area contributed by atoms with Crippen molar-refractivity contribution in [2.24, 2.45) is 0 Å². The van der Waals surface area contributed by atoms with Gasteiger partial charge in [-0.25, -0.2) is 13.4 Å². The van der Waals surface area contributed by atoms with Crippen LogP contribution in [-0.2, 0) is 14.8 Å². The van der Waals surface area contributed by atoms with Crippen LogP contribution in [0.5, 0.6) is 0 Å². The van der Waals surface area contributed by atoms with Crippen LogP contribution in [0.4, 0.5) is 11.5 Å². The molecule has 1 aromatic carbocycles. The molecule has 0 saturated carbocycles. The lowest BCUT2D eigenvalue weighted by molar-refractivity contribution is -0.116. The third-order valence-corrected chi connectivity index (χ3v) is 6.39. The minimum absolute atomic E-state index is 0.0803. The molecule has 25 heavy (non-hydrogen) atoms. The van der Waals surface area contributed by atoms with E-state index in [0.29, 0.717) is 17.3 Å². The summed E-state index contributed by atoms with van der Waals surface area (Å²) in [5.41, 5.74) is 0.627. The number of carbonyl (C=O) groups excluding carboxylic acids is 1. The Morgan fingerprint density at radius 3 is 2.80 bits per heavy atom. The Balaban J connectivity index is 1.97. The van der Waals surface area contributed by atoms with Gasteiger partial charge in [0, 0.05) is 24.6 Å². The molecule has 3 rings (SSSR count). The van der Waals surface area contributed by atoms with Crippen LogP contribution in [0, 0.1) is 0 Å². The SMILES string of the molecule is CC(=O)N1CCCSc2ccc(S(=O)(=O)Nc3ccc(Cl)cn3)cc21. The molecule has 0 radical (unpaired) electrons. The van der Waals surface area contributed by atoms with E-state index in [2.05, 4.69) is 9.71 Å². The standard InChI is InChI=1S/C16H16ClN3O3S2/c1-11(21)20-7-2-8-24-15-5-4-13(9-14(15)20)25(22,23)19-16-6-3-12(17)10-18-16/h3-6,9-10H,2,7-8H2,1H3,(H,18,19). The molecule has 1 aliphatic rings. The first-order valence-electron chi connectivity index (χ1n) is 7.56. The average molecular weight is 398 g/mol. The van der Waals surface area contributed by atoms with Crippen molar-refractivity contribution in [3.05, 3.63) is 41.6 Å². The number of benzene rings is 1. The van der Waals surface area contributed by atoms with Crippen LogP contribution in [0.1, 0.15) is 13.3 Å². The minimum atomic E-state index is -3.82. The van der Waals surface area contributed by atoms with Crippen molar-refractivity contribution in [1.82, 2.24) is 4.98 Å². The zero-order valence-corrected chi connectivity index (χ0v) is 15.8. The second kappa shape index (κ2) is 7.23. The smallest absolute Gasteiger partial charge is 0.263 e. The fourth-order valence-electron chi connectivity index (χ4n) is 2.48. The fraction of sp³-hybridized carbons (Fsp3) is 0.250. The molecule has 6 nitrogen and oxygen atoms in total. The highest BCUT2D eigenvalue weighted by atomic mass is 35.5. The van der Waals surface area contributed by atoms with Crippen LogP contribution in [0.3, 0.4) is 0 Å². The summed E-state index contributed by atoms with van der Waals surface area (Å²) in [6, 6.07) is 7.85. The molecule has 0 aliphatic carbocycles. The van der Waals surface area contributed by atoms with Gasteiger partial charge < -0.3 is 4.90 Å². The Bertz CT molecular complexity index is 901. The summed E-state index contributed by atoms with van der Waals surface area (Å²) >= 11 is 7.38. The number of sulfonamides is 1. The van der Waals surface area contributed by atoms with Crippen molar-refractivity contribution in [3.63, 3.8) is 0 Å². The number of thioether (sulfide) groups is 1. The summed E-state index contributed by atoms with van der Waals surface area (Å²) in [6.07, 6.45) is 2.22. The molecule has 0 spiro atoms. The summed E-state index contributed by atoms with van der Waals surface area (Å²) in [6.45, 7) is 2.06. The Kier molecular flexibility index (Phi) is 5.21. The van der Waals surface area contributed by atoms with Crippen molar-refractivity contribution in [2.75, 3.05) is 21.9 Å². The van der Waals surface area contributed by atoms with Gasteiger partial charge in [0.25, 0.3) is 10.0 Å². The number of anilines is 2. The molecule has 0 bridgehead atoms. The maximum absolute atomic E-state index is 12.6. The van der Waals surface area contributed by atoms with Crippen LogP contribution < -0.4 is 9.62 Å². The first kappa shape index (κ1) is 18.0. The normalized spacial score (nSPS) is 14.6. The topological polar surface area (TPSA) is 79.4 Å². The van der Waals surface area contributed by atoms with Crippen LogP contribution >= 0.6 is 23.4 Å². The van der Waals surface area contributed by atoms with Gasteiger partial charge in [-0.1, -0.05) is 11.6 Å². The molecule has 9 heteroatoms. The minimum Gasteiger partial charge on any atom is -0.311 e. The van der Waals surface area contributed by atoms with Crippen molar-refractivity contribution in [2.45, 2.75) is 23.1 Å². The van der Waals surface area contributed by atoms with E-state index in [0.717, 1.165) is 17.1 Å². The number of aromatic nitrogens is 1. The first-order valence-corrected chi connectivity index (χ1v) is 10.4. The predicted octanol–water partition coefficient (Wildman–Crippen LogP) is 3.38. The van der Waals surface area contributed by atoms with Crippen molar-refractivity contribution in [3.8, 4) is 0 Å². The summed E-state index contributed by atoms with van der Waals surface area (Å²) in [7, 11) is -3.82. The predicted molar refractivity (Wildman–Crippen MR) is 99.9 cm³/mol. The molecular weight excluding hydrogens is 382 g/mol. The third-order valence-electron chi connectivity index (χ3n) is 3.66. The molecule has 0 saturated heterocycles. The summed E-state index contributed by atoms with van der Waals surface area (Å²) in [4.78, 5) is 18.5. The van der Waals surface area contributed by atoms with Gasteiger partial charge in [-0.05, 0) is 42.5 Å². The van der Waals surface area contributed by atoms with Gasteiger partial charge >= 0.3 is 0 Å². The molecule has 0 atom stereocenters. The molecule has 2 aromatic rings. The number of nitrogens with one attached hydrogen (secondary N) is 1. The van der Waals surface area contributed by atoms with E-state index in [4.69, 9.17) is 11.6 Å². The number of rotatable bonds is 3. The number of fused-ring (bicyclic) bond motifs is 1. The van der Waals surface area contributed by atoms with E-state index in [1.807, 2.05) is 0 Å². The molecule has 132 valence electrons. The molecule has 1 N–H and O–H groups in total. The van der Waals surface area contributed by atoms with E-state index < -0.39 is 10.0 Å². The van der Waals surface area contributed by atoms with E-state index >= 15 is 0 Å². The maximum Gasteiger partial charge on any atom is 0.263 e. The molecule has 1 aromatic heterocycles. The molecule has 1 aliphatic heterocycles. The largest absolute Gasteiger partial charge is 0.311 e. The fourth-order valence-corrected chi connectivity index (χ4v) is 4.60. The summed E-state index contributed by atoms with van der Waals surface area (Å²) in [5.74, 6) is 0.957. The van der Waals surface area contributed by atoms with E-state index in [9.17, 15) is 13.2 Å². The number of hydrogen-bond donors (Lipinski definition) is 1. The quantitative estimate of drug-likeness (QED) is 0.858. The van der Waals surface area contributed by atoms with Gasteiger partial charge in [0.05, 0.1) is 15.6 Å². The Labute approximate surface area is 155 Å². The van der Waals surface area contributed by atoms with E-state index in [1.54, 1.807) is 28.8 Å². The average Bonchev–Trinajstić information content (AvgIpc) is 2.78. The zero-order chi connectivity index (χ0) is 18.0. The molecule has 1 amide bonds. The van der Waals surface area contributed by atoms with Gasteiger partial charge in [0.15, 0.2) is 0 Å². The highest BCUT2D eigenvalue weighted by Crippen LogP contribution is 2.36. The lowest BCUT2D eigenvalue weighted by atomic mass is 10.2. The van der Waals surface area contributed by atoms with Gasteiger partial charge in [0.2, 0.25) is 5.91 Å². The van der Waals surface area contributed by atoms with Crippen LogP contribution in [0.25, 0.3) is 0 Å². The Morgan fingerprint density at radius 2 is 2.12 bits per heavy atom. The monoisotopic (exact) mass is 397 g/mol. The van der Waals surface area contributed by atoms with Gasteiger partial charge in [-0.3, -0.25) is 9.52 Å². The highest BCUT2D eigenvalue weighted by molar-refractivity contribution is 7.99. The second-order valence-electron chi connectivity index (χ2n) is 5.47. The first-order chi connectivity index (χ1) is 11.9. The maximum atomic E-state index is 12.6. The van der Waals surface area contributed by atoms with Gasteiger partial charge in [-0.15, -0.1) is 11.8 Å². The lowest BCUT2D eigenvalue weighted by Crippen LogP contribution is -2.29. The lowest BCUT2D eigenvalue weighted by Gasteiger charge is -2.21. The van der Waals surface area contributed by atoms with Crippen LogP contribution in [0.2, 0.25) is 5.02 Å². The number of carbonyl (C=O) groups is 1. The van der Waals surface area contributed by atoms with Crippen molar-refractivity contribution >= 4 is 50.8 Å². The van der Waals surface area contributed by atoms with E-state index in [1.165, 1.54) is 31.3 Å². The number of hydrogen-bond acceptors (Lipinski definition) is 5. The third kappa shape index (κ3) is 4.08. The zero-order valence-electron chi connectivity index (χ0n) is 13.4. The molecule has 0 fully saturated rings. The van der Waals surface area contributed by atoms with Crippen molar-refractivity contribution < 1.29 is 13.2 Å². The number of pyridine rings is 1. The van der Waals surface area contributed by atoms with Crippen LogP contribution in [-0.4, -0.2) is 31.6 Å². The van der Waals surface area contributed by atoms with Crippen LogP contribution in [0.15, 0.2) is 46.3 Å². The second-order valence-corrected chi connectivity index (χ2v) is 8.72. The van der Waals surface area contributed by atoms with Crippen molar-refractivity contribution in [1.29, 1.82) is 0 Å². The summed E-state index contributed by atoms with van der Waals surface area (Å²) < 4.78 is 27.7. The summed E-state index contributed by atoms with van der Waals surface area (Å²) in [5, 5.41) is 0.419.